The van der Waals surface area contributed by atoms with Crippen molar-refractivity contribution in [2.75, 3.05) is 13.6 Å². The van der Waals surface area contributed by atoms with Crippen molar-refractivity contribution < 1.29 is 0 Å². The second kappa shape index (κ2) is 4.10. The second-order valence-corrected chi connectivity index (χ2v) is 4.39. The van der Waals surface area contributed by atoms with E-state index in [0.717, 1.165) is 6.54 Å². The maximum atomic E-state index is 2.30. The molecule has 1 heteroatoms. The summed E-state index contributed by atoms with van der Waals surface area (Å²) in [5, 5.41) is 2.66. The van der Waals surface area contributed by atoms with Crippen LogP contribution in [0.1, 0.15) is 5.56 Å². The van der Waals surface area contributed by atoms with Gasteiger partial charge in [-0.2, -0.15) is 0 Å². The Kier molecular flexibility index (Phi) is 2.45. The number of benzene rings is 2. The minimum absolute atomic E-state index is 0.973. The van der Waals surface area contributed by atoms with E-state index in [1.165, 1.54) is 21.7 Å². The third-order valence-corrected chi connectivity index (χ3v) is 3.23. The van der Waals surface area contributed by atoms with Crippen LogP contribution in [-0.2, 0) is 0 Å². The zero-order valence-electron chi connectivity index (χ0n) is 9.93. The van der Waals surface area contributed by atoms with Crippen LogP contribution in [0, 0.1) is 0 Å². The predicted molar refractivity (Wildman–Crippen MR) is 71.7 cm³/mol. The van der Waals surface area contributed by atoms with E-state index in [1.807, 2.05) is 0 Å². The highest BCUT2D eigenvalue weighted by atomic mass is 15.1. The number of hydrogen-bond donors (Lipinski definition) is 0. The summed E-state index contributed by atoms with van der Waals surface area (Å²) >= 11 is 0. The van der Waals surface area contributed by atoms with Crippen LogP contribution < -0.4 is 10.4 Å². The van der Waals surface area contributed by atoms with Gasteiger partial charge in [0.25, 0.3) is 0 Å². The highest BCUT2D eigenvalue weighted by molar-refractivity contribution is 5.66. The molecule has 0 spiro atoms. The topological polar surface area (TPSA) is 3.24 Å². The van der Waals surface area contributed by atoms with Crippen LogP contribution >= 0.6 is 0 Å². The van der Waals surface area contributed by atoms with Crippen LogP contribution in [-0.4, -0.2) is 18.5 Å². The minimum atomic E-state index is 0.973. The van der Waals surface area contributed by atoms with Crippen LogP contribution in [0.15, 0.2) is 54.6 Å². The van der Waals surface area contributed by atoms with Crippen molar-refractivity contribution in [2.45, 2.75) is 0 Å². The van der Waals surface area contributed by atoms with Gasteiger partial charge in [0.05, 0.1) is 5.70 Å². The summed E-state index contributed by atoms with van der Waals surface area (Å²) in [4.78, 5) is 2.30. The summed E-state index contributed by atoms with van der Waals surface area (Å²) in [6, 6.07) is 19.2. The molecule has 0 unspecified atom stereocenters. The fraction of sp³-hybridized carbons (Fsp3) is 0.125. The van der Waals surface area contributed by atoms with Crippen molar-refractivity contribution in [1.82, 2.24) is 4.90 Å². The Morgan fingerprint density at radius 2 is 1.59 bits per heavy atom. The highest BCUT2D eigenvalue weighted by Gasteiger charge is 2.10. The van der Waals surface area contributed by atoms with Crippen molar-refractivity contribution in [3.63, 3.8) is 0 Å². The van der Waals surface area contributed by atoms with Crippen molar-refractivity contribution >= 4 is 11.8 Å². The van der Waals surface area contributed by atoms with Gasteiger partial charge in [-0.1, -0.05) is 60.7 Å². The van der Waals surface area contributed by atoms with E-state index in [4.69, 9.17) is 0 Å². The minimum Gasteiger partial charge on any atom is -0.370 e. The smallest absolute Gasteiger partial charge is 0.0519 e. The molecule has 84 valence electrons. The first-order valence-electron chi connectivity index (χ1n) is 5.92. The molecule has 0 bridgehead atoms. The lowest BCUT2D eigenvalue weighted by atomic mass is 10.0. The quantitative estimate of drug-likeness (QED) is 0.706. The molecule has 1 heterocycles. The second-order valence-electron chi connectivity index (χ2n) is 4.39. The van der Waals surface area contributed by atoms with E-state index in [0.29, 0.717) is 0 Å². The van der Waals surface area contributed by atoms with Gasteiger partial charge in [0.15, 0.2) is 0 Å². The van der Waals surface area contributed by atoms with Crippen molar-refractivity contribution in [3.05, 3.63) is 70.6 Å². The SMILES string of the molecule is CN1CC=c2ccccc2=C1c1ccccc1. The Morgan fingerprint density at radius 3 is 2.41 bits per heavy atom. The first kappa shape index (κ1) is 10.2. The van der Waals surface area contributed by atoms with Gasteiger partial charge in [0.1, 0.15) is 0 Å². The molecule has 0 saturated heterocycles. The molecule has 0 atom stereocenters. The molecule has 3 rings (SSSR count). The zero-order valence-corrected chi connectivity index (χ0v) is 9.93. The highest BCUT2D eigenvalue weighted by Crippen LogP contribution is 2.14. The van der Waals surface area contributed by atoms with Gasteiger partial charge in [0.2, 0.25) is 0 Å². The molecule has 0 aromatic heterocycles. The maximum Gasteiger partial charge on any atom is 0.0519 e. The first-order valence-corrected chi connectivity index (χ1v) is 5.92. The van der Waals surface area contributed by atoms with Crippen LogP contribution in [0.4, 0.5) is 0 Å². The van der Waals surface area contributed by atoms with Crippen molar-refractivity contribution in [1.29, 1.82) is 0 Å². The summed E-state index contributed by atoms with van der Waals surface area (Å²) in [6.07, 6.45) is 2.28. The van der Waals surface area contributed by atoms with Gasteiger partial charge in [0, 0.05) is 18.8 Å². The summed E-state index contributed by atoms with van der Waals surface area (Å²) in [5.41, 5.74) is 2.61. The summed E-state index contributed by atoms with van der Waals surface area (Å²) in [5.74, 6) is 0. The number of hydrogen-bond acceptors (Lipinski definition) is 1. The zero-order chi connectivity index (χ0) is 11.7. The molecule has 2 aromatic rings. The predicted octanol–water partition coefficient (Wildman–Crippen LogP) is 1.57. The van der Waals surface area contributed by atoms with Gasteiger partial charge in [-0.3, -0.25) is 0 Å². The van der Waals surface area contributed by atoms with Crippen LogP contribution in [0.3, 0.4) is 0 Å². The van der Waals surface area contributed by atoms with E-state index in [1.54, 1.807) is 0 Å². The molecule has 0 amide bonds. The Morgan fingerprint density at radius 1 is 0.882 bits per heavy atom. The molecule has 0 saturated carbocycles. The molecule has 0 N–H and O–H groups in total. The molecule has 1 nitrogen and oxygen atoms in total. The standard InChI is InChI=1S/C16H15N/c1-17-12-11-13-7-5-6-10-15(13)16(17)14-8-3-2-4-9-14/h2-11H,12H2,1H3. The lowest BCUT2D eigenvalue weighted by molar-refractivity contribution is 0.540. The van der Waals surface area contributed by atoms with Crippen molar-refractivity contribution in [2.24, 2.45) is 0 Å². The normalized spacial score (nSPS) is 14.2. The van der Waals surface area contributed by atoms with E-state index in [-0.39, 0.29) is 0 Å². The van der Waals surface area contributed by atoms with Gasteiger partial charge < -0.3 is 4.90 Å². The Balaban J connectivity index is 2.37. The lowest BCUT2D eigenvalue weighted by Gasteiger charge is -2.24. The van der Waals surface area contributed by atoms with E-state index in [9.17, 15) is 0 Å². The lowest BCUT2D eigenvalue weighted by Crippen LogP contribution is -2.38. The van der Waals surface area contributed by atoms with Gasteiger partial charge in [-0.05, 0) is 10.8 Å². The van der Waals surface area contributed by atoms with E-state index < -0.39 is 0 Å². The van der Waals surface area contributed by atoms with Crippen LogP contribution in [0.5, 0.6) is 0 Å². The monoisotopic (exact) mass is 221 g/mol. The Hall–Kier alpha value is -2.02. The molecule has 0 fully saturated rings. The first-order chi connectivity index (χ1) is 8.36. The average Bonchev–Trinajstić information content (AvgIpc) is 2.39. The molecular weight excluding hydrogens is 206 g/mol. The number of rotatable bonds is 1. The molecule has 17 heavy (non-hydrogen) atoms. The summed E-state index contributed by atoms with van der Waals surface area (Å²) in [6.45, 7) is 0.973. The number of nitrogens with zero attached hydrogens (tertiary/aromatic N) is 1. The largest absolute Gasteiger partial charge is 0.370 e. The van der Waals surface area contributed by atoms with E-state index in [2.05, 4.69) is 72.6 Å². The Labute approximate surface area is 101 Å². The molecule has 0 radical (unpaired) electrons. The molecule has 0 aliphatic carbocycles. The van der Waals surface area contributed by atoms with E-state index >= 15 is 0 Å². The molecular formula is C16H15N. The summed E-state index contributed by atoms with van der Waals surface area (Å²) in [7, 11) is 2.15. The fourth-order valence-corrected chi connectivity index (χ4v) is 2.39. The fourth-order valence-electron chi connectivity index (χ4n) is 2.39. The third-order valence-electron chi connectivity index (χ3n) is 3.23. The molecule has 1 aliphatic heterocycles. The Bertz CT molecular complexity index is 641. The van der Waals surface area contributed by atoms with Gasteiger partial charge in [-0.15, -0.1) is 0 Å². The van der Waals surface area contributed by atoms with Gasteiger partial charge >= 0.3 is 0 Å². The molecule has 2 aromatic carbocycles. The van der Waals surface area contributed by atoms with Crippen LogP contribution in [0.2, 0.25) is 0 Å². The van der Waals surface area contributed by atoms with Gasteiger partial charge in [-0.25, -0.2) is 0 Å². The maximum absolute atomic E-state index is 2.30. The average molecular weight is 221 g/mol. The summed E-state index contributed by atoms with van der Waals surface area (Å²) < 4.78 is 0. The van der Waals surface area contributed by atoms with Crippen LogP contribution in [0.25, 0.3) is 11.8 Å². The molecule has 1 aliphatic rings. The van der Waals surface area contributed by atoms with Crippen molar-refractivity contribution in [3.8, 4) is 0 Å². The number of fused-ring (bicyclic) bond motifs is 1. The third kappa shape index (κ3) is 1.74.